The fourth-order valence-corrected chi connectivity index (χ4v) is 6.21. The number of rotatable bonds is 7. The summed E-state index contributed by atoms with van der Waals surface area (Å²) in [7, 11) is -4.05. The van der Waals surface area contributed by atoms with Crippen LogP contribution in [0.25, 0.3) is 21.5 Å². The minimum Gasteiger partial charge on any atom is -0.305 e. The summed E-state index contributed by atoms with van der Waals surface area (Å²) >= 11 is 2.43. The fourth-order valence-electron chi connectivity index (χ4n) is 3.32. The number of aryl methyl sites for hydroxylation is 1. The first-order chi connectivity index (χ1) is 16.7. The Hall–Kier alpha value is -3.59. The monoisotopic (exact) mass is 524 g/mol. The van der Waals surface area contributed by atoms with Crippen LogP contribution in [-0.2, 0) is 26.0 Å². The number of anilines is 1. The Balaban J connectivity index is 1.45. The van der Waals surface area contributed by atoms with Gasteiger partial charge < -0.3 is 9.88 Å². The number of carbonyl (C=O) groups is 2. The second-order valence-corrected chi connectivity index (χ2v) is 11.6. The molecule has 4 aromatic rings. The van der Waals surface area contributed by atoms with E-state index in [-0.39, 0.29) is 11.7 Å². The van der Waals surface area contributed by atoms with Gasteiger partial charge >= 0.3 is 0 Å². The molecule has 0 aliphatic rings. The largest absolute Gasteiger partial charge is 0.305 e. The standard InChI is InChI=1S/C24H20N4O4S3/c1-3-11-28-19-10-9-16(2)12-20(19)34-24(28)27-22(30)15-35(31,32)14-21(29)26-23-25-18(13-33-23)17-7-5-4-6-8-17/h1,4-10,12-13H,11,14-15H2,2H3,(H,25,26,29). The van der Waals surface area contributed by atoms with Crippen LogP contribution in [0.5, 0.6) is 0 Å². The maximum Gasteiger partial charge on any atom is 0.263 e. The van der Waals surface area contributed by atoms with E-state index in [2.05, 4.69) is 21.2 Å². The first kappa shape index (κ1) is 24.5. The van der Waals surface area contributed by atoms with E-state index in [0.29, 0.717) is 10.5 Å². The molecule has 2 heterocycles. The predicted molar refractivity (Wildman–Crippen MR) is 139 cm³/mol. The number of hydrogen-bond donors (Lipinski definition) is 1. The van der Waals surface area contributed by atoms with Gasteiger partial charge in [0.2, 0.25) is 5.91 Å². The van der Waals surface area contributed by atoms with Crippen LogP contribution in [0, 0.1) is 19.3 Å². The quantitative estimate of drug-likeness (QED) is 0.373. The molecular formula is C24H20N4O4S3. The minimum atomic E-state index is -4.05. The third kappa shape index (κ3) is 6.10. The van der Waals surface area contributed by atoms with Crippen molar-refractivity contribution in [3.05, 3.63) is 64.3 Å². The summed E-state index contributed by atoms with van der Waals surface area (Å²) in [4.78, 5) is 33.4. The molecule has 2 aromatic heterocycles. The van der Waals surface area contributed by atoms with Gasteiger partial charge in [0.15, 0.2) is 19.8 Å². The molecule has 0 aliphatic carbocycles. The van der Waals surface area contributed by atoms with Crippen LogP contribution < -0.4 is 10.1 Å². The number of carbonyl (C=O) groups excluding carboxylic acids is 2. The van der Waals surface area contributed by atoms with Gasteiger partial charge in [0.05, 0.1) is 22.5 Å². The number of aromatic nitrogens is 2. The van der Waals surface area contributed by atoms with Gasteiger partial charge in [-0.1, -0.05) is 53.7 Å². The van der Waals surface area contributed by atoms with Crippen molar-refractivity contribution in [1.82, 2.24) is 9.55 Å². The molecule has 0 spiro atoms. The van der Waals surface area contributed by atoms with Crippen molar-refractivity contribution in [2.24, 2.45) is 4.99 Å². The number of benzene rings is 2. The molecule has 8 nitrogen and oxygen atoms in total. The van der Waals surface area contributed by atoms with Gasteiger partial charge in [-0.3, -0.25) is 9.59 Å². The summed E-state index contributed by atoms with van der Waals surface area (Å²) < 4.78 is 27.5. The van der Waals surface area contributed by atoms with E-state index in [1.54, 1.807) is 9.95 Å². The van der Waals surface area contributed by atoms with E-state index >= 15 is 0 Å². The number of fused-ring (bicyclic) bond motifs is 1. The smallest absolute Gasteiger partial charge is 0.263 e. The zero-order valence-electron chi connectivity index (χ0n) is 18.6. The van der Waals surface area contributed by atoms with Crippen molar-refractivity contribution >= 4 is 59.7 Å². The lowest BCUT2D eigenvalue weighted by Gasteiger charge is -2.03. The van der Waals surface area contributed by atoms with Crippen LogP contribution in [0.4, 0.5) is 5.13 Å². The van der Waals surface area contributed by atoms with E-state index in [4.69, 9.17) is 6.42 Å². The third-order valence-electron chi connectivity index (χ3n) is 4.82. The summed E-state index contributed by atoms with van der Waals surface area (Å²) in [5, 5.41) is 4.52. The number of nitrogens with one attached hydrogen (secondary N) is 1. The normalized spacial score (nSPS) is 11.9. The van der Waals surface area contributed by atoms with E-state index < -0.39 is 33.2 Å². The highest BCUT2D eigenvalue weighted by Gasteiger charge is 2.22. The lowest BCUT2D eigenvalue weighted by Crippen LogP contribution is -2.28. The Kier molecular flexibility index (Phi) is 7.25. The first-order valence-electron chi connectivity index (χ1n) is 10.4. The number of hydrogen-bond acceptors (Lipinski definition) is 7. The van der Waals surface area contributed by atoms with Crippen LogP contribution in [0.1, 0.15) is 5.56 Å². The maximum absolute atomic E-state index is 12.5. The molecule has 0 atom stereocenters. The molecule has 178 valence electrons. The highest BCUT2D eigenvalue weighted by Crippen LogP contribution is 2.24. The van der Waals surface area contributed by atoms with Crippen molar-refractivity contribution < 1.29 is 18.0 Å². The molecule has 35 heavy (non-hydrogen) atoms. The minimum absolute atomic E-state index is 0.184. The number of sulfone groups is 1. The van der Waals surface area contributed by atoms with Gasteiger partial charge in [0, 0.05) is 10.9 Å². The van der Waals surface area contributed by atoms with E-state index in [9.17, 15) is 18.0 Å². The molecule has 0 fully saturated rings. The second kappa shape index (κ2) is 10.4. The molecule has 0 saturated carbocycles. The molecule has 0 aliphatic heterocycles. The maximum atomic E-state index is 12.5. The lowest BCUT2D eigenvalue weighted by molar-refractivity contribution is -0.115. The topological polar surface area (TPSA) is 110 Å². The van der Waals surface area contributed by atoms with Crippen LogP contribution >= 0.6 is 22.7 Å². The summed E-state index contributed by atoms with van der Waals surface area (Å²) in [6.45, 7) is 2.13. The number of amides is 2. The lowest BCUT2D eigenvalue weighted by atomic mass is 10.2. The first-order valence-corrected chi connectivity index (χ1v) is 13.9. The Bertz CT molecular complexity index is 1620. The molecule has 4 rings (SSSR count). The molecule has 2 amide bonds. The summed E-state index contributed by atoms with van der Waals surface area (Å²) in [5.74, 6) is -0.866. The highest BCUT2D eigenvalue weighted by atomic mass is 32.2. The molecule has 11 heteroatoms. The van der Waals surface area contributed by atoms with Crippen molar-refractivity contribution in [2.45, 2.75) is 13.5 Å². The van der Waals surface area contributed by atoms with E-state index in [1.807, 2.05) is 55.5 Å². The average Bonchev–Trinajstić information content (AvgIpc) is 3.38. The number of thiazole rings is 2. The van der Waals surface area contributed by atoms with Crippen molar-refractivity contribution in [3.63, 3.8) is 0 Å². The Morgan fingerprint density at radius 3 is 2.69 bits per heavy atom. The Labute approximate surface area is 209 Å². The van der Waals surface area contributed by atoms with Gasteiger partial charge in [-0.05, 0) is 24.6 Å². The molecular weight excluding hydrogens is 504 g/mol. The molecule has 0 saturated heterocycles. The SMILES string of the molecule is C#CCn1c(=NC(=O)CS(=O)(=O)CC(=O)Nc2nc(-c3ccccc3)cs2)sc2cc(C)ccc21. The van der Waals surface area contributed by atoms with Crippen LogP contribution in [0.15, 0.2) is 58.9 Å². The molecule has 0 unspecified atom stereocenters. The second-order valence-electron chi connectivity index (χ2n) is 7.64. The molecule has 1 N–H and O–H groups in total. The van der Waals surface area contributed by atoms with Gasteiger partial charge in [0.1, 0.15) is 11.5 Å². The van der Waals surface area contributed by atoms with Crippen LogP contribution in [0.2, 0.25) is 0 Å². The van der Waals surface area contributed by atoms with Crippen molar-refractivity contribution in [1.29, 1.82) is 0 Å². The summed E-state index contributed by atoms with van der Waals surface area (Å²) in [6, 6.07) is 15.1. The third-order valence-corrected chi connectivity index (χ3v) is 8.01. The van der Waals surface area contributed by atoms with Crippen molar-refractivity contribution in [3.8, 4) is 23.6 Å². The summed E-state index contributed by atoms with van der Waals surface area (Å²) in [5.41, 5.74) is 3.39. The number of terminal acetylenes is 1. The Morgan fingerprint density at radius 1 is 1.17 bits per heavy atom. The van der Waals surface area contributed by atoms with Gasteiger partial charge in [-0.2, -0.15) is 4.99 Å². The molecule has 2 aromatic carbocycles. The van der Waals surface area contributed by atoms with Gasteiger partial charge in [-0.15, -0.1) is 17.8 Å². The Morgan fingerprint density at radius 2 is 1.94 bits per heavy atom. The average molecular weight is 525 g/mol. The van der Waals surface area contributed by atoms with Gasteiger partial charge in [0.25, 0.3) is 5.91 Å². The highest BCUT2D eigenvalue weighted by molar-refractivity contribution is 7.92. The van der Waals surface area contributed by atoms with Gasteiger partial charge in [-0.25, -0.2) is 13.4 Å². The van der Waals surface area contributed by atoms with Crippen LogP contribution in [0.3, 0.4) is 0 Å². The zero-order chi connectivity index (χ0) is 25.0. The van der Waals surface area contributed by atoms with E-state index in [1.165, 1.54) is 22.7 Å². The fraction of sp³-hybridized carbons (Fsp3) is 0.167. The zero-order valence-corrected chi connectivity index (χ0v) is 21.0. The molecule has 0 radical (unpaired) electrons. The van der Waals surface area contributed by atoms with Crippen molar-refractivity contribution in [2.75, 3.05) is 16.8 Å². The van der Waals surface area contributed by atoms with Crippen LogP contribution in [-0.4, -0.2) is 41.3 Å². The molecule has 0 bridgehead atoms. The van der Waals surface area contributed by atoms with E-state index in [0.717, 1.165) is 21.3 Å². The predicted octanol–water partition coefficient (Wildman–Crippen LogP) is 3.25. The summed E-state index contributed by atoms with van der Waals surface area (Å²) in [6.07, 6.45) is 5.46. The number of nitrogens with zero attached hydrogens (tertiary/aromatic N) is 3.